The first-order valence-electron chi connectivity index (χ1n) is 7.57. The molecule has 0 aliphatic carbocycles. The molecule has 0 saturated carbocycles. The first-order chi connectivity index (χ1) is 10.2. The first kappa shape index (κ1) is 17.4. The van der Waals surface area contributed by atoms with Crippen LogP contribution >= 0.6 is 23.7 Å². The van der Waals surface area contributed by atoms with Gasteiger partial charge in [0.2, 0.25) is 0 Å². The molecule has 3 nitrogen and oxygen atoms in total. The third-order valence-electron chi connectivity index (χ3n) is 4.41. The molecule has 2 aromatic rings. The van der Waals surface area contributed by atoms with Gasteiger partial charge in [0.15, 0.2) is 0 Å². The first-order valence-corrected chi connectivity index (χ1v) is 8.39. The van der Waals surface area contributed by atoms with E-state index < -0.39 is 0 Å². The fourth-order valence-electron chi connectivity index (χ4n) is 3.33. The summed E-state index contributed by atoms with van der Waals surface area (Å²) in [5.41, 5.74) is 8.62. The molecular formula is C17H24ClN3S. The van der Waals surface area contributed by atoms with E-state index in [1.807, 2.05) is 11.3 Å². The Morgan fingerprint density at radius 2 is 1.95 bits per heavy atom. The summed E-state index contributed by atoms with van der Waals surface area (Å²) in [6.45, 7) is 8.16. The van der Waals surface area contributed by atoms with Crippen LogP contribution in [0.25, 0.3) is 0 Å². The second-order valence-electron chi connectivity index (χ2n) is 5.95. The van der Waals surface area contributed by atoms with E-state index in [0.29, 0.717) is 11.8 Å². The van der Waals surface area contributed by atoms with E-state index in [9.17, 15) is 0 Å². The molecule has 0 radical (unpaired) electrons. The monoisotopic (exact) mass is 337 g/mol. The molecule has 2 N–H and O–H groups in total. The van der Waals surface area contributed by atoms with Gasteiger partial charge in [-0.1, -0.05) is 30.3 Å². The van der Waals surface area contributed by atoms with Crippen molar-refractivity contribution in [1.29, 1.82) is 0 Å². The average molecular weight is 338 g/mol. The molecule has 5 heteroatoms. The maximum Gasteiger partial charge on any atom is 0.0900 e. The van der Waals surface area contributed by atoms with E-state index in [1.165, 1.54) is 16.1 Å². The molecule has 1 fully saturated rings. The van der Waals surface area contributed by atoms with Gasteiger partial charge in [0.1, 0.15) is 0 Å². The van der Waals surface area contributed by atoms with Gasteiger partial charge in [-0.05, 0) is 31.9 Å². The number of thiazole rings is 1. The van der Waals surface area contributed by atoms with Crippen LogP contribution in [-0.2, 0) is 6.54 Å². The summed E-state index contributed by atoms with van der Waals surface area (Å²) in [4.78, 5) is 8.47. The highest BCUT2D eigenvalue weighted by molar-refractivity contribution is 7.11. The Morgan fingerprint density at radius 3 is 2.55 bits per heavy atom. The summed E-state index contributed by atoms with van der Waals surface area (Å²) in [7, 11) is 0. The standard InChI is InChI=1S/C17H23N3S.ClH/c1-12-17(21-13(2)19-12)11-20-9-15(8-18)16(10-20)14-6-4-3-5-7-14;/h3-7,15-16H,8-11,18H2,1-2H3;1H/t15-,16+;/m1./s1. The lowest BCUT2D eigenvalue weighted by molar-refractivity contribution is 0.319. The van der Waals surface area contributed by atoms with Gasteiger partial charge in [0.25, 0.3) is 0 Å². The molecule has 0 bridgehead atoms. The Hall–Kier alpha value is -0.940. The third-order valence-corrected chi connectivity index (χ3v) is 5.47. The molecule has 2 atom stereocenters. The summed E-state index contributed by atoms with van der Waals surface area (Å²) in [5, 5.41) is 1.16. The maximum atomic E-state index is 6.01. The van der Waals surface area contributed by atoms with Gasteiger partial charge in [-0.2, -0.15) is 0 Å². The summed E-state index contributed by atoms with van der Waals surface area (Å²) >= 11 is 1.82. The molecule has 1 aromatic heterocycles. The Kier molecular flexibility index (Phi) is 5.98. The number of benzene rings is 1. The van der Waals surface area contributed by atoms with Gasteiger partial charge in [0.05, 0.1) is 10.7 Å². The fourth-order valence-corrected chi connectivity index (χ4v) is 4.31. The minimum atomic E-state index is 0. The number of likely N-dealkylation sites (tertiary alicyclic amines) is 1. The Labute approximate surface area is 143 Å². The normalized spacial score (nSPS) is 21.8. The van der Waals surface area contributed by atoms with E-state index in [2.05, 4.69) is 54.1 Å². The van der Waals surface area contributed by atoms with Crippen molar-refractivity contribution in [3.8, 4) is 0 Å². The average Bonchev–Trinajstić information content (AvgIpc) is 3.03. The van der Waals surface area contributed by atoms with Crippen LogP contribution in [0.1, 0.15) is 27.1 Å². The Morgan fingerprint density at radius 1 is 1.23 bits per heavy atom. The summed E-state index contributed by atoms with van der Waals surface area (Å²) in [6.07, 6.45) is 0. The van der Waals surface area contributed by atoms with Crippen molar-refractivity contribution in [3.05, 3.63) is 51.5 Å². The van der Waals surface area contributed by atoms with Gasteiger partial charge < -0.3 is 5.73 Å². The van der Waals surface area contributed by atoms with Crippen LogP contribution < -0.4 is 5.73 Å². The molecule has 1 aliphatic rings. The van der Waals surface area contributed by atoms with E-state index >= 15 is 0 Å². The largest absolute Gasteiger partial charge is 0.330 e. The zero-order valence-corrected chi connectivity index (χ0v) is 14.8. The van der Waals surface area contributed by atoms with Gasteiger partial charge in [-0.3, -0.25) is 4.90 Å². The van der Waals surface area contributed by atoms with Gasteiger partial charge in [-0.25, -0.2) is 4.98 Å². The fraction of sp³-hybridized carbons (Fsp3) is 0.471. The minimum absolute atomic E-state index is 0. The molecule has 1 saturated heterocycles. The SMILES string of the molecule is Cc1nc(C)c(CN2C[C@@H](CN)[C@H](c3ccccc3)C2)s1.Cl. The number of hydrogen-bond acceptors (Lipinski definition) is 4. The summed E-state index contributed by atoms with van der Waals surface area (Å²) in [6, 6.07) is 10.8. The molecule has 22 heavy (non-hydrogen) atoms. The number of hydrogen-bond donors (Lipinski definition) is 1. The van der Waals surface area contributed by atoms with Crippen LogP contribution in [-0.4, -0.2) is 29.5 Å². The van der Waals surface area contributed by atoms with Crippen LogP contribution in [0, 0.1) is 19.8 Å². The number of nitrogens with two attached hydrogens (primary N) is 1. The van der Waals surface area contributed by atoms with Gasteiger partial charge in [-0.15, -0.1) is 23.7 Å². The van der Waals surface area contributed by atoms with E-state index in [1.54, 1.807) is 0 Å². The number of rotatable bonds is 4. The van der Waals surface area contributed by atoms with Crippen LogP contribution in [0.3, 0.4) is 0 Å². The Bertz CT molecular complexity index is 599. The lowest BCUT2D eigenvalue weighted by Gasteiger charge is -2.16. The van der Waals surface area contributed by atoms with Crippen LogP contribution in [0.4, 0.5) is 0 Å². The van der Waals surface area contributed by atoms with Crippen molar-refractivity contribution in [2.24, 2.45) is 11.7 Å². The summed E-state index contributed by atoms with van der Waals surface area (Å²) in [5.74, 6) is 1.12. The molecule has 0 amide bonds. The predicted octanol–water partition coefficient (Wildman–Crippen LogP) is 3.36. The zero-order chi connectivity index (χ0) is 14.8. The highest BCUT2D eigenvalue weighted by Crippen LogP contribution is 2.33. The van der Waals surface area contributed by atoms with Crippen molar-refractivity contribution in [1.82, 2.24) is 9.88 Å². The topological polar surface area (TPSA) is 42.2 Å². The molecule has 120 valence electrons. The highest BCUT2D eigenvalue weighted by atomic mass is 35.5. The van der Waals surface area contributed by atoms with Gasteiger partial charge >= 0.3 is 0 Å². The molecule has 2 heterocycles. The second kappa shape index (κ2) is 7.55. The lowest BCUT2D eigenvalue weighted by Crippen LogP contribution is -2.23. The molecule has 3 rings (SSSR count). The molecular weight excluding hydrogens is 314 g/mol. The van der Waals surface area contributed by atoms with Crippen molar-refractivity contribution < 1.29 is 0 Å². The van der Waals surface area contributed by atoms with Crippen LogP contribution in [0.2, 0.25) is 0 Å². The van der Waals surface area contributed by atoms with Crippen molar-refractivity contribution in [2.75, 3.05) is 19.6 Å². The zero-order valence-electron chi connectivity index (χ0n) is 13.2. The number of nitrogens with zero attached hydrogens (tertiary/aromatic N) is 2. The molecule has 1 aliphatic heterocycles. The molecule has 1 aromatic carbocycles. The van der Waals surface area contributed by atoms with E-state index in [0.717, 1.165) is 31.2 Å². The van der Waals surface area contributed by atoms with Crippen molar-refractivity contribution in [3.63, 3.8) is 0 Å². The third kappa shape index (κ3) is 3.69. The van der Waals surface area contributed by atoms with E-state index in [4.69, 9.17) is 5.73 Å². The molecule has 0 spiro atoms. The quantitative estimate of drug-likeness (QED) is 0.930. The highest BCUT2D eigenvalue weighted by Gasteiger charge is 2.33. The number of aryl methyl sites for hydroxylation is 2. The molecule has 0 unspecified atom stereocenters. The maximum absolute atomic E-state index is 6.01. The predicted molar refractivity (Wildman–Crippen MR) is 95.8 cm³/mol. The van der Waals surface area contributed by atoms with E-state index in [-0.39, 0.29) is 12.4 Å². The lowest BCUT2D eigenvalue weighted by atomic mass is 9.89. The minimum Gasteiger partial charge on any atom is -0.330 e. The second-order valence-corrected chi connectivity index (χ2v) is 7.24. The Balaban J connectivity index is 0.00000176. The summed E-state index contributed by atoms with van der Waals surface area (Å²) < 4.78 is 0. The number of halogens is 1. The van der Waals surface area contributed by atoms with Crippen molar-refractivity contribution >= 4 is 23.7 Å². The van der Waals surface area contributed by atoms with Crippen molar-refractivity contribution in [2.45, 2.75) is 26.3 Å². The smallest absolute Gasteiger partial charge is 0.0900 e. The van der Waals surface area contributed by atoms with Gasteiger partial charge in [0, 0.05) is 30.4 Å². The van der Waals surface area contributed by atoms with Crippen LogP contribution in [0.15, 0.2) is 30.3 Å². The van der Waals surface area contributed by atoms with Crippen LogP contribution in [0.5, 0.6) is 0 Å². The number of aromatic nitrogens is 1.